The number of carboxylic acid groups (broad SMARTS) is 1. The van der Waals surface area contributed by atoms with Crippen LogP contribution in [0.2, 0.25) is 0 Å². The van der Waals surface area contributed by atoms with Gasteiger partial charge in [0.05, 0.1) is 11.3 Å². The molecule has 0 saturated carbocycles. The van der Waals surface area contributed by atoms with Crippen LogP contribution in [0.3, 0.4) is 0 Å². The molecule has 0 atom stereocenters. The Morgan fingerprint density at radius 2 is 1.95 bits per heavy atom. The molecule has 2 rings (SSSR count). The van der Waals surface area contributed by atoms with Crippen molar-refractivity contribution in [3.8, 4) is 0 Å². The number of aryl methyl sites for hydroxylation is 1. The Morgan fingerprint density at radius 3 is 2.53 bits per heavy atom. The highest BCUT2D eigenvalue weighted by atomic mass is 16.4. The molecule has 0 amide bonds. The maximum atomic E-state index is 10.9. The fourth-order valence-electron chi connectivity index (χ4n) is 1.83. The molecule has 0 saturated heterocycles. The van der Waals surface area contributed by atoms with E-state index in [1.807, 2.05) is 24.1 Å². The summed E-state index contributed by atoms with van der Waals surface area (Å²) in [5, 5.41) is 8.97. The maximum Gasteiger partial charge on any atom is 0.337 e. The van der Waals surface area contributed by atoms with E-state index >= 15 is 0 Å². The van der Waals surface area contributed by atoms with Gasteiger partial charge in [-0.1, -0.05) is 0 Å². The van der Waals surface area contributed by atoms with Crippen LogP contribution in [0.5, 0.6) is 0 Å². The number of pyridine rings is 2. The van der Waals surface area contributed by atoms with E-state index in [2.05, 4.69) is 9.97 Å². The van der Waals surface area contributed by atoms with Gasteiger partial charge in [0.2, 0.25) is 0 Å². The predicted molar refractivity (Wildman–Crippen MR) is 72.3 cm³/mol. The van der Waals surface area contributed by atoms with Gasteiger partial charge < -0.3 is 10.0 Å². The van der Waals surface area contributed by atoms with Crippen LogP contribution < -0.4 is 4.90 Å². The Kier molecular flexibility index (Phi) is 3.75. The number of aromatic carboxylic acids is 1. The van der Waals surface area contributed by atoms with Gasteiger partial charge in [-0.2, -0.15) is 0 Å². The molecule has 1 N–H and O–H groups in total. The number of aromatic nitrogens is 2. The monoisotopic (exact) mass is 257 g/mol. The largest absolute Gasteiger partial charge is 0.478 e. The third kappa shape index (κ3) is 3.07. The summed E-state index contributed by atoms with van der Waals surface area (Å²) in [7, 11) is 1.92. The number of rotatable bonds is 4. The van der Waals surface area contributed by atoms with Crippen LogP contribution in [0.15, 0.2) is 36.7 Å². The fraction of sp³-hybridized carbons (Fsp3) is 0.214. The summed E-state index contributed by atoms with van der Waals surface area (Å²) in [5.74, 6) is -0.201. The molecule has 0 bridgehead atoms. The zero-order valence-corrected chi connectivity index (χ0v) is 10.9. The first kappa shape index (κ1) is 13.0. The molecule has 0 fully saturated rings. The zero-order chi connectivity index (χ0) is 13.8. The lowest BCUT2D eigenvalue weighted by Crippen LogP contribution is -2.18. The van der Waals surface area contributed by atoms with Gasteiger partial charge in [-0.3, -0.25) is 4.98 Å². The Morgan fingerprint density at radius 1 is 1.26 bits per heavy atom. The first-order valence-corrected chi connectivity index (χ1v) is 5.89. The van der Waals surface area contributed by atoms with E-state index < -0.39 is 5.97 Å². The van der Waals surface area contributed by atoms with Crippen molar-refractivity contribution < 1.29 is 9.90 Å². The molecule has 0 aliphatic rings. The second kappa shape index (κ2) is 5.48. The quantitative estimate of drug-likeness (QED) is 0.908. The molecule has 2 heterocycles. The van der Waals surface area contributed by atoms with Crippen molar-refractivity contribution in [1.29, 1.82) is 0 Å². The molecule has 0 unspecified atom stereocenters. The van der Waals surface area contributed by atoms with Gasteiger partial charge in [-0.25, -0.2) is 9.78 Å². The molecule has 5 nitrogen and oxygen atoms in total. The molecule has 0 aliphatic carbocycles. The van der Waals surface area contributed by atoms with E-state index in [-0.39, 0.29) is 5.56 Å². The van der Waals surface area contributed by atoms with E-state index in [0.717, 1.165) is 11.4 Å². The maximum absolute atomic E-state index is 10.9. The number of hydrogen-bond acceptors (Lipinski definition) is 4. The minimum Gasteiger partial charge on any atom is -0.478 e. The Labute approximate surface area is 111 Å². The average Bonchev–Trinajstić information content (AvgIpc) is 2.39. The molecule has 0 radical (unpaired) electrons. The van der Waals surface area contributed by atoms with Gasteiger partial charge in [0.15, 0.2) is 0 Å². The zero-order valence-electron chi connectivity index (χ0n) is 10.9. The highest BCUT2D eigenvalue weighted by Gasteiger charge is 2.10. The van der Waals surface area contributed by atoms with Crippen molar-refractivity contribution in [1.82, 2.24) is 9.97 Å². The van der Waals surface area contributed by atoms with Crippen LogP contribution >= 0.6 is 0 Å². The highest BCUT2D eigenvalue weighted by Crippen LogP contribution is 2.15. The standard InChI is InChI=1S/C14H15N3O2/c1-10-12(14(18)19)3-4-13(16-10)17(2)9-11-5-7-15-8-6-11/h3-8H,9H2,1-2H3,(H,18,19). The third-order valence-corrected chi connectivity index (χ3v) is 2.86. The number of nitrogens with zero attached hydrogens (tertiary/aromatic N) is 3. The number of anilines is 1. The van der Waals surface area contributed by atoms with Crippen LogP contribution in [0.4, 0.5) is 5.82 Å². The Balaban J connectivity index is 2.18. The Bertz CT molecular complexity index is 584. The second-order valence-electron chi connectivity index (χ2n) is 4.32. The van der Waals surface area contributed by atoms with Gasteiger partial charge in [0.25, 0.3) is 0 Å². The molecule has 2 aromatic heterocycles. The summed E-state index contributed by atoms with van der Waals surface area (Å²) in [6.45, 7) is 2.40. The lowest BCUT2D eigenvalue weighted by atomic mass is 10.2. The molecule has 0 aromatic carbocycles. The first-order valence-electron chi connectivity index (χ1n) is 5.89. The number of hydrogen-bond donors (Lipinski definition) is 1. The molecule has 19 heavy (non-hydrogen) atoms. The molecule has 2 aromatic rings. The van der Waals surface area contributed by atoms with Crippen molar-refractivity contribution in [3.05, 3.63) is 53.5 Å². The minimum absolute atomic E-state index is 0.237. The van der Waals surface area contributed by atoms with Crippen molar-refractivity contribution in [3.63, 3.8) is 0 Å². The lowest BCUT2D eigenvalue weighted by molar-refractivity contribution is 0.0695. The summed E-state index contributed by atoms with van der Waals surface area (Å²) >= 11 is 0. The van der Waals surface area contributed by atoms with Crippen molar-refractivity contribution in [2.45, 2.75) is 13.5 Å². The van der Waals surface area contributed by atoms with Crippen LogP contribution in [0, 0.1) is 6.92 Å². The molecule has 98 valence electrons. The van der Waals surface area contributed by atoms with E-state index in [1.165, 1.54) is 0 Å². The van der Waals surface area contributed by atoms with Crippen LogP contribution in [-0.4, -0.2) is 28.1 Å². The summed E-state index contributed by atoms with van der Waals surface area (Å²) < 4.78 is 0. The molecular formula is C14H15N3O2. The summed E-state index contributed by atoms with van der Waals surface area (Å²) in [6.07, 6.45) is 3.49. The molecular weight excluding hydrogens is 242 g/mol. The van der Waals surface area contributed by atoms with Crippen LogP contribution in [-0.2, 0) is 6.54 Å². The third-order valence-electron chi connectivity index (χ3n) is 2.86. The summed E-state index contributed by atoms with van der Waals surface area (Å²) in [4.78, 5) is 21.2. The Hall–Kier alpha value is -2.43. The molecule has 0 spiro atoms. The van der Waals surface area contributed by atoms with Gasteiger partial charge in [0, 0.05) is 26.0 Å². The van der Waals surface area contributed by atoms with E-state index in [9.17, 15) is 4.79 Å². The van der Waals surface area contributed by atoms with Gasteiger partial charge >= 0.3 is 5.97 Å². The van der Waals surface area contributed by atoms with Crippen LogP contribution in [0.1, 0.15) is 21.6 Å². The van der Waals surface area contributed by atoms with Gasteiger partial charge in [-0.15, -0.1) is 0 Å². The van der Waals surface area contributed by atoms with Crippen molar-refractivity contribution in [2.24, 2.45) is 0 Å². The second-order valence-corrected chi connectivity index (χ2v) is 4.32. The first-order chi connectivity index (χ1) is 9.08. The van der Waals surface area contributed by atoms with Crippen molar-refractivity contribution >= 4 is 11.8 Å². The number of carboxylic acids is 1. The SMILES string of the molecule is Cc1nc(N(C)Cc2ccncc2)ccc1C(=O)O. The smallest absolute Gasteiger partial charge is 0.337 e. The summed E-state index contributed by atoms with van der Waals surface area (Å²) in [6, 6.07) is 7.19. The van der Waals surface area contributed by atoms with E-state index in [1.54, 1.807) is 31.5 Å². The summed E-state index contributed by atoms with van der Waals surface area (Å²) in [5.41, 5.74) is 1.88. The normalized spacial score (nSPS) is 10.2. The topological polar surface area (TPSA) is 66.3 Å². The van der Waals surface area contributed by atoms with Crippen LogP contribution in [0.25, 0.3) is 0 Å². The van der Waals surface area contributed by atoms with Crippen molar-refractivity contribution in [2.75, 3.05) is 11.9 Å². The van der Waals surface area contributed by atoms with E-state index in [0.29, 0.717) is 12.2 Å². The van der Waals surface area contributed by atoms with Gasteiger partial charge in [0.1, 0.15) is 5.82 Å². The highest BCUT2D eigenvalue weighted by molar-refractivity contribution is 5.89. The number of carbonyl (C=O) groups is 1. The predicted octanol–water partition coefficient (Wildman–Crippen LogP) is 2.12. The fourth-order valence-corrected chi connectivity index (χ4v) is 1.83. The molecule has 0 aliphatic heterocycles. The molecule has 5 heteroatoms. The lowest BCUT2D eigenvalue weighted by Gasteiger charge is -2.19. The average molecular weight is 257 g/mol. The van der Waals surface area contributed by atoms with E-state index in [4.69, 9.17) is 5.11 Å². The minimum atomic E-state index is -0.951. The van der Waals surface area contributed by atoms with Gasteiger partial charge in [-0.05, 0) is 36.8 Å².